The van der Waals surface area contributed by atoms with E-state index in [2.05, 4.69) is 5.32 Å². The van der Waals surface area contributed by atoms with E-state index in [-0.39, 0.29) is 11.3 Å². The SMILES string of the molecule is Cc1ccsc1NC(=O)c1c(O)c2ccccc2n(C)c1=O. The minimum atomic E-state index is -0.602. The lowest BCUT2D eigenvalue weighted by molar-refractivity contribution is 0.102. The zero-order valence-corrected chi connectivity index (χ0v) is 12.9. The van der Waals surface area contributed by atoms with Gasteiger partial charge in [0, 0.05) is 12.4 Å². The third-order valence-corrected chi connectivity index (χ3v) is 4.52. The molecule has 0 spiro atoms. The predicted octanol–water partition coefficient (Wildman–Crippen LogP) is 2.87. The maximum absolute atomic E-state index is 12.4. The van der Waals surface area contributed by atoms with Crippen LogP contribution in [0.3, 0.4) is 0 Å². The van der Waals surface area contributed by atoms with Crippen LogP contribution in [0.15, 0.2) is 40.5 Å². The number of anilines is 1. The first kappa shape index (κ1) is 14.3. The molecule has 0 saturated carbocycles. The van der Waals surface area contributed by atoms with Gasteiger partial charge in [-0.2, -0.15) is 0 Å². The molecular formula is C16H14N2O3S. The Balaban J connectivity index is 2.17. The maximum atomic E-state index is 12.4. The second-order valence-corrected chi connectivity index (χ2v) is 5.91. The Morgan fingerprint density at radius 2 is 2.00 bits per heavy atom. The molecule has 2 heterocycles. The van der Waals surface area contributed by atoms with Gasteiger partial charge in [-0.05, 0) is 36.1 Å². The van der Waals surface area contributed by atoms with E-state index < -0.39 is 11.5 Å². The number of rotatable bonds is 2. The zero-order chi connectivity index (χ0) is 15.9. The number of thiophene rings is 1. The highest BCUT2D eigenvalue weighted by molar-refractivity contribution is 7.14. The van der Waals surface area contributed by atoms with E-state index in [1.807, 2.05) is 18.4 Å². The van der Waals surface area contributed by atoms with Crippen LogP contribution in [0.1, 0.15) is 15.9 Å². The van der Waals surface area contributed by atoms with Crippen molar-refractivity contribution in [1.82, 2.24) is 4.57 Å². The molecule has 5 nitrogen and oxygen atoms in total. The molecule has 6 heteroatoms. The van der Waals surface area contributed by atoms with E-state index in [0.29, 0.717) is 15.9 Å². The summed E-state index contributed by atoms with van der Waals surface area (Å²) in [6, 6.07) is 8.80. The molecule has 0 radical (unpaired) electrons. The normalized spacial score (nSPS) is 10.8. The third kappa shape index (κ3) is 2.17. The first-order chi connectivity index (χ1) is 10.5. The largest absolute Gasteiger partial charge is 0.506 e. The van der Waals surface area contributed by atoms with Gasteiger partial charge in [-0.25, -0.2) is 0 Å². The van der Waals surface area contributed by atoms with Gasteiger partial charge < -0.3 is 15.0 Å². The minimum absolute atomic E-state index is 0.242. The van der Waals surface area contributed by atoms with Crippen LogP contribution in [0.25, 0.3) is 10.9 Å². The summed E-state index contributed by atoms with van der Waals surface area (Å²) in [6.45, 7) is 1.87. The number of pyridine rings is 1. The molecule has 1 aromatic carbocycles. The Labute approximate surface area is 130 Å². The minimum Gasteiger partial charge on any atom is -0.506 e. The fraction of sp³-hybridized carbons (Fsp3) is 0.125. The van der Waals surface area contributed by atoms with Crippen LogP contribution in [-0.2, 0) is 7.05 Å². The van der Waals surface area contributed by atoms with Crippen LogP contribution in [0, 0.1) is 6.92 Å². The molecule has 22 heavy (non-hydrogen) atoms. The molecule has 3 aromatic rings. The molecule has 1 amide bonds. The van der Waals surface area contributed by atoms with E-state index in [1.54, 1.807) is 31.3 Å². The van der Waals surface area contributed by atoms with Crippen molar-refractivity contribution in [2.45, 2.75) is 6.92 Å². The van der Waals surface area contributed by atoms with Crippen molar-refractivity contribution in [2.75, 3.05) is 5.32 Å². The van der Waals surface area contributed by atoms with Gasteiger partial charge in [-0.3, -0.25) is 9.59 Å². The Kier molecular flexibility index (Phi) is 3.46. The van der Waals surface area contributed by atoms with Gasteiger partial charge in [0.15, 0.2) is 0 Å². The zero-order valence-electron chi connectivity index (χ0n) is 12.1. The molecule has 0 aliphatic heterocycles. The van der Waals surface area contributed by atoms with Crippen molar-refractivity contribution in [3.8, 4) is 5.75 Å². The number of carbonyl (C=O) groups is 1. The van der Waals surface area contributed by atoms with Crippen molar-refractivity contribution in [3.63, 3.8) is 0 Å². The summed E-state index contributed by atoms with van der Waals surface area (Å²) in [4.78, 5) is 24.8. The number of nitrogens with one attached hydrogen (secondary N) is 1. The van der Waals surface area contributed by atoms with Crippen LogP contribution >= 0.6 is 11.3 Å². The summed E-state index contributed by atoms with van der Waals surface area (Å²) in [5.74, 6) is -0.889. The molecule has 0 unspecified atom stereocenters. The lowest BCUT2D eigenvalue weighted by atomic mass is 10.1. The molecule has 2 aromatic heterocycles. The number of fused-ring (bicyclic) bond motifs is 1. The lowest BCUT2D eigenvalue weighted by Crippen LogP contribution is -2.28. The summed E-state index contributed by atoms with van der Waals surface area (Å²) in [5, 5.41) is 16.0. The van der Waals surface area contributed by atoms with E-state index in [9.17, 15) is 14.7 Å². The van der Waals surface area contributed by atoms with Crippen LogP contribution in [0.5, 0.6) is 5.75 Å². The van der Waals surface area contributed by atoms with Gasteiger partial charge in [0.2, 0.25) is 0 Å². The summed E-state index contributed by atoms with van der Waals surface area (Å²) >= 11 is 1.37. The lowest BCUT2D eigenvalue weighted by Gasteiger charge is -2.11. The van der Waals surface area contributed by atoms with Gasteiger partial charge in [0.1, 0.15) is 11.3 Å². The standard InChI is InChI=1S/C16H14N2O3S/c1-9-7-8-22-15(9)17-14(20)12-13(19)10-5-3-4-6-11(10)18(2)16(12)21/h3-8,19H,1-2H3,(H,17,20). The van der Waals surface area contributed by atoms with Crippen molar-refractivity contribution in [1.29, 1.82) is 0 Å². The van der Waals surface area contributed by atoms with E-state index >= 15 is 0 Å². The Morgan fingerprint density at radius 3 is 2.68 bits per heavy atom. The smallest absolute Gasteiger partial charge is 0.267 e. The van der Waals surface area contributed by atoms with Crippen molar-refractivity contribution in [2.24, 2.45) is 7.05 Å². The van der Waals surface area contributed by atoms with Crippen LogP contribution in [0.4, 0.5) is 5.00 Å². The molecule has 0 atom stereocenters. The quantitative estimate of drug-likeness (QED) is 0.764. The number of amides is 1. The van der Waals surface area contributed by atoms with Gasteiger partial charge >= 0.3 is 0 Å². The monoisotopic (exact) mass is 314 g/mol. The summed E-state index contributed by atoms with van der Waals surface area (Å²) in [7, 11) is 1.58. The summed E-state index contributed by atoms with van der Waals surface area (Å²) < 4.78 is 1.37. The van der Waals surface area contributed by atoms with Crippen molar-refractivity contribution < 1.29 is 9.90 Å². The van der Waals surface area contributed by atoms with Gasteiger partial charge in [-0.15, -0.1) is 11.3 Å². The number of benzene rings is 1. The number of aryl methyl sites for hydroxylation is 2. The number of hydrogen-bond donors (Lipinski definition) is 2. The van der Waals surface area contributed by atoms with Gasteiger partial charge in [-0.1, -0.05) is 12.1 Å². The van der Waals surface area contributed by atoms with E-state index in [1.165, 1.54) is 15.9 Å². The van der Waals surface area contributed by atoms with Crippen LogP contribution in [-0.4, -0.2) is 15.6 Å². The van der Waals surface area contributed by atoms with Crippen molar-refractivity contribution in [3.05, 3.63) is 57.2 Å². The number of aromatic nitrogens is 1. The predicted molar refractivity (Wildman–Crippen MR) is 87.9 cm³/mol. The molecule has 112 valence electrons. The van der Waals surface area contributed by atoms with E-state index in [4.69, 9.17) is 0 Å². The Bertz CT molecular complexity index is 940. The number of aromatic hydroxyl groups is 1. The summed E-state index contributed by atoms with van der Waals surface area (Å²) in [5.41, 5.74) is 0.723. The highest BCUT2D eigenvalue weighted by Crippen LogP contribution is 2.28. The Morgan fingerprint density at radius 1 is 1.27 bits per heavy atom. The second-order valence-electron chi connectivity index (χ2n) is 4.99. The number of para-hydroxylation sites is 1. The second kappa shape index (κ2) is 5.31. The highest BCUT2D eigenvalue weighted by Gasteiger charge is 2.21. The average molecular weight is 314 g/mol. The van der Waals surface area contributed by atoms with E-state index in [0.717, 1.165) is 5.56 Å². The highest BCUT2D eigenvalue weighted by atomic mass is 32.1. The number of nitrogens with zero attached hydrogens (tertiary/aromatic N) is 1. The molecule has 0 aliphatic rings. The topological polar surface area (TPSA) is 71.3 Å². The first-order valence-corrected chi connectivity index (χ1v) is 7.55. The maximum Gasteiger partial charge on any atom is 0.267 e. The first-order valence-electron chi connectivity index (χ1n) is 6.67. The van der Waals surface area contributed by atoms with Gasteiger partial charge in [0.05, 0.1) is 10.5 Å². The van der Waals surface area contributed by atoms with Crippen LogP contribution in [0.2, 0.25) is 0 Å². The molecule has 0 aliphatic carbocycles. The number of carbonyl (C=O) groups excluding carboxylic acids is 1. The van der Waals surface area contributed by atoms with Crippen molar-refractivity contribution >= 4 is 33.1 Å². The third-order valence-electron chi connectivity index (χ3n) is 3.59. The molecular weight excluding hydrogens is 300 g/mol. The summed E-state index contributed by atoms with van der Waals surface area (Å²) in [6.07, 6.45) is 0. The molecule has 0 fully saturated rings. The average Bonchev–Trinajstić information content (AvgIpc) is 2.90. The Hall–Kier alpha value is -2.60. The number of hydrogen-bond acceptors (Lipinski definition) is 4. The molecule has 2 N–H and O–H groups in total. The van der Waals surface area contributed by atoms with Gasteiger partial charge in [0.25, 0.3) is 11.5 Å². The fourth-order valence-corrected chi connectivity index (χ4v) is 3.16. The van der Waals surface area contributed by atoms with Crippen LogP contribution < -0.4 is 10.9 Å². The molecule has 0 bridgehead atoms. The fourth-order valence-electron chi connectivity index (χ4n) is 2.35. The molecule has 3 rings (SSSR count). The molecule has 0 saturated heterocycles.